The summed E-state index contributed by atoms with van der Waals surface area (Å²) in [5.74, 6) is -1.40. The molecule has 0 radical (unpaired) electrons. The molecule has 0 spiro atoms. The fourth-order valence-corrected chi connectivity index (χ4v) is 1.62. The van der Waals surface area contributed by atoms with E-state index in [2.05, 4.69) is 20.3 Å². The van der Waals surface area contributed by atoms with Gasteiger partial charge in [0.25, 0.3) is 0 Å². The van der Waals surface area contributed by atoms with Crippen molar-refractivity contribution in [2.45, 2.75) is 0 Å². The molecule has 0 bridgehead atoms. The van der Waals surface area contributed by atoms with E-state index in [0.29, 0.717) is 11.0 Å². The van der Waals surface area contributed by atoms with Gasteiger partial charge in [-0.15, -0.1) is 5.10 Å². The maximum absolute atomic E-state index is 13.5. The van der Waals surface area contributed by atoms with E-state index in [1.165, 1.54) is 4.68 Å². The number of aromatic nitrogens is 5. The maximum Gasteiger partial charge on any atom is 0.224 e. The number of aryl methyl sites for hydroxylation is 1. The van der Waals surface area contributed by atoms with Crippen LogP contribution in [0.1, 0.15) is 0 Å². The second-order valence-corrected chi connectivity index (χ2v) is 3.34. The van der Waals surface area contributed by atoms with Gasteiger partial charge in [0.2, 0.25) is 11.6 Å². The quantitative estimate of drug-likeness (QED) is 0.535. The first-order valence-electron chi connectivity index (χ1n) is 4.47. The molecular weight excluding hydrogens is 216 g/mol. The Morgan fingerprint density at radius 2 is 2.12 bits per heavy atom. The normalized spacial score (nSPS) is 11.4. The summed E-state index contributed by atoms with van der Waals surface area (Å²) in [4.78, 5) is 7.44. The molecule has 0 unspecified atom stereocenters. The number of halogens is 2. The van der Waals surface area contributed by atoms with Crippen molar-refractivity contribution in [2.24, 2.45) is 7.05 Å². The Bertz CT molecular complexity index is 706. The minimum absolute atomic E-state index is 0.0258. The van der Waals surface area contributed by atoms with Crippen molar-refractivity contribution in [3.8, 4) is 0 Å². The van der Waals surface area contributed by atoms with E-state index in [1.807, 2.05) is 0 Å². The van der Waals surface area contributed by atoms with E-state index < -0.39 is 11.8 Å². The van der Waals surface area contributed by atoms with Gasteiger partial charge in [0.1, 0.15) is 16.9 Å². The molecule has 0 amide bonds. The van der Waals surface area contributed by atoms with Gasteiger partial charge in [0, 0.05) is 7.05 Å². The number of hydrogen-bond donors (Lipinski definition) is 0. The van der Waals surface area contributed by atoms with Crippen LogP contribution >= 0.6 is 0 Å². The third-order valence-electron chi connectivity index (χ3n) is 2.31. The van der Waals surface area contributed by atoms with E-state index >= 15 is 0 Å². The van der Waals surface area contributed by atoms with Crippen LogP contribution in [0.3, 0.4) is 0 Å². The van der Waals surface area contributed by atoms with Crippen molar-refractivity contribution in [1.82, 2.24) is 25.0 Å². The van der Waals surface area contributed by atoms with Gasteiger partial charge in [0.05, 0.1) is 11.6 Å². The molecule has 5 nitrogen and oxygen atoms in total. The highest BCUT2D eigenvalue weighted by molar-refractivity contribution is 5.99. The molecule has 0 saturated carbocycles. The highest BCUT2D eigenvalue weighted by Crippen LogP contribution is 2.22. The van der Waals surface area contributed by atoms with E-state index in [-0.39, 0.29) is 11.0 Å². The van der Waals surface area contributed by atoms with Crippen molar-refractivity contribution in [3.05, 3.63) is 24.0 Å². The first-order chi connectivity index (χ1) is 7.66. The van der Waals surface area contributed by atoms with Crippen LogP contribution in [-0.2, 0) is 7.05 Å². The minimum Gasteiger partial charge on any atom is -0.251 e. The Kier molecular flexibility index (Phi) is 1.65. The third kappa shape index (κ3) is 1.08. The molecule has 3 aromatic rings. The first kappa shape index (κ1) is 9.08. The van der Waals surface area contributed by atoms with E-state index in [0.717, 1.165) is 12.3 Å². The topological polar surface area (TPSA) is 56.5 Å². The molecule has 7 heteroatoms. The number of rotatable bonds is 0. The van der Waals surface area contributed by atoms with E-state index in [1.54, 1.807) is 7.05 Å². The molecule has 80 valence electrons. The van der Waals surface area contributed by atoms with Crippen molar-refractivity contribution < 1.29 is 8.78 Å². The summed E-state index contributed by atoms with van der Waals surface area (Å²) < 4.78 is 27.9. The molecule has 0 saturated heterocycles. The van der Waals surface area contributed by atoms with Crippen LogP contribution in [0.4, 0.5) is 8.78 Å². The van der Waals surface area contributed by atoms with Gasteiger partial charge >= 0.3 is 0 Å². The maximum atomic E-state index is 13.5. The van der Waals surface area contributed by atoms with Crippen LogP contribution in [0.5, 0.6) is 0 Å². The number of pyridine rings is 2. The Morgan fingerprint density at radius 1 is 1.31 bits per heavy atom. The second-order valence-electron chi connectivity index (χ2n) is 3.34. The molecule has 0 atom stereocenters. The summed E-state index contributed by atoms with van der Waals surface area (Å²) >= 11 is 0. The van der Waals surface area contributed by atoms with Gasteiger partial charge in [-0.05, 0) is 6.07 Å². The average molecular weight is 221 g/mol. The molecule has 0 fully saturated rings. The van der Waals surface area contributed by atoms with Gasteiger partial charge < -0.3 is 0 Å². The van der Waals surface area contributed by atoms with Crippen molar-refractivity contribution >= 4 is 22.1 Å². The smallest absolute Gasteiger partial charge is 0.224 e. The summed E-state index contributed by atoms with van der Waals surface area (Å²) in [6.45, 7) is 0. The molecule has 0 aliphatic heterocycles. The largest absolute Gasteiger partial charge is 0.251 e. The van der Waals surface area contributed by atoms with E-state index in [9.17, 15) is 8.78 Å². The van der Waals surface area contributed by atoms with Gasteiger partial charge in [0.15, 0.2) is 0 Å². The SMILES string of the molecule is Cn1nnc2nc(F)c3cc(F)cnc3c21. The van der Waals surface area contributed by atoms with Gasteiger partial charge in [-0.1, -0.05) is 5.21 Å². The van der Waals surface area contributed by atoms with E-state index in [4.69, 9.17) is 0 Å². The van der Waals surface area contributed by atoms with Gasteiger partial charge in [-0.25, -0.2) is 9.07 Å². The zero-order valence-corrected chi connectivity index (χ0v) is 8.15. The molecule has 3 rings (SSSR count). The lowest BCUT2D eigenvalue weighted by Gasteiger charge is -2.00. The van der Waals surface area contributed by atoms with Crippen LogP contribution < -0.4 is 0 Å². The average Bonchev–Trinajstić information content (AvgIpc) is 2.61. The highest BCUT2D eigenvalue weighted by atomic mass is 19.1. The zero-order valence-electron chi connectivity index (χ0n) is 8.15. The predicted molar refractivity (Wildman–Crippen MR) is 51.5 cm³/mol. The molecule has 3 aromatic heterocycles. The van der Waals surface area contributed by atoms with Crippen LogP contribution in [-0.4, -0.2) is 25.0 Å². The molecular formula is C9H5F2N5. The number of fused-ring (bicyclic) bond motifs is 3. The Balaban J connectivity index is 2.62. The van der Waals surface area contributed by atoms with Crippen molar-refractivity contribution in [1.29, 1.82) is 0 Å². The van der Waals surface area contributed by atoms with Gasteiger partial charge in [-0.2, -0.15) is 9.37 Å². The molecule has 0 aromatic carbocycles. The lowest BCUT2D eigenvalue weighted by Crippen LogP contribution is -1.95. The second kappa shape index (κ2) is 2.91. The Morgan fingerprint density at radius 3 is 2.94 bits per heavy atom. The molecule has 0 aliphatic rings. The molecule has 3 heterocycles. The first-order valence-corrected chi connectivity index (χ1v) is 4.47. The summed E-state index contributed by atoms with van der Waals surface area (Å²) in [6, 6.07) is 1.05. The Hall–Kier alpha value is -2.18. The summed E-state index contributed by atoms with van der Waals surface area (Å²) in [7, 11) is 1.64. The monoisotopic (exact) mass is 221 g/mol. The van der Waals surface area contributed by atoms with Crippen LogP contribution in [0.2, 0.25) is 0 Å². The number of nitrogens with zero attached hydrogens (tertiary/aromatic N) is 5. The van der Waals surface area contributed by atoms with Crippen molar-refractivity contribution in [2.75, 3.05) is 0 Å². The lowest BCUT2D eigenvalue weighted by molar-refractivity contribution is 0.594. The lowest BCUT2D eigenvalue weighted by atomic mass is 10.2. The van der Waals surface area contributed by atoms with Crippen LogP contribution in [0.15, 0.2) is 12.3 Å². The number of hydrogen-bond acceptors (Lipinski definition) is 4. The summed E-state index contributed by atoms with van der Waals surface area (Å²) in [6.07, 6.45) is 1.02. The van der Waals surface area contributed by atoms with Gasteiger partial charge in [-0.3, -0.25) is 4.98 Å². The Labute approximate surface area is 87.7 Å². The zero-order chi connectivity index (χ0) is 11.3. The van der Waals surface area contributed by atoms with Crippen LogP contribution in [0, 0.1) is 11.8 Å². The fourth-order valence-electron chi connectivity index (χ4n) is 1.62. The standard InChI is InChI=1S/C9H5F2N5/c1-16-7-6-5(2-4(10)3-12-6)8(11)13-9(7)14-15-16/h2-3H,1H3. The highest BCUT2D eigenvalue weighted by Gasteiger charge is 2.14. The van der Waals surface area contributed by atoms with Crippen LogP contribution in [0.25, 0.3) is 22.1 Å². The minimum atomic E-state index is -0.796. The predicted octanol–water partition coefficient (Wildman–Crippen LogP) is 1.19. The van der Waals surface area contributed by atoms with Crippen molar-refractivity contribution in [3.63, 3.8) is 0 Å². The third-order valence-corrected chi connectivity index (χ3v) is 2.31. The molecule has 0 N–H and O–H groups in total. The molecule has 16 heavy (non-hydrogen) atoms. The fraction of sp³-hybridized carbons (Fsp3) is 0.111. The molecule has 0 aliphatic carbocycles. The summed E-state index contributed by atoms with van der Waals surface area (Å²) in [5.41, 5.74) is 0.944. The summed E-state index contributed by atoms with van der Waals surface area (Å²) in [5, 5.41) is 7.42.